The lowest BCUT2D eigenvalue weighted by molar-refractivity contribution is -0.253. The fraction of sp³-hybridized carbons (Fsp3) is 0.761. The van der Waals surface area contributed by atoms with Crippen molar-refractivity contribution in [3.8, 4) is 9.88 Å². The van der Waals surface area contributed by atoms with Crippen LogP contribution in [0.4, 0.5) is 0 Å². The van der Waals surface area contributed by atoms with E-state index in [9.17, 15) is 9.90 Å². The lowest BCUT2D eigenvalue weighted by Gasteiger charge is -2.40. The second kappa shape index (κ2) is 20.2. The second-order valence-electron chi connectivity index (χ2n) is 18.1. The van der Waals surface area contributed by atoms with Gasteiger partial charge in [-0.05, 0) is 115 Å². The number of aromatic nitrogens is 1. The molecule has 16 atom stereocenters. The molecule has 2 aromatic rings. The Morgan fingerprint density at radius 1 is 1.07 bits per heavy atom. The van der Waals surface area contributed by atoms with Crippen LogP contribution in [0.25, 0.3) is 9.88 Å². The summed E-state index contributed by atoms with van der Waals surface area (Å²) < 4.78 is 43.9. The second-order valence-corrected chi connectivity index (χ2v) is 20.1. The number of aliphatic hydroxyl groups is 1. The molecule has 1 N–H and O–H groups in total. The third-order valence-corrected chi connectivity index (χ3v) is 16.3. The van der Waals surface area contributed by atoms with Crippen molar-refractivity contribution in [3.05, 3.63) is 39.7 Å². The molecule has 0 amide bonds. The maximum absolute atomic E-state index is 15.2. The number of hydrogen-bond acceptors (Lipinski definition) is 14. The van der Waals surface area contributed by atoms with Gasteiger partial charge in [0.25, 0.3) is 0 Å². The first-order valence-electron chi connectivity index (χ1n) is 22.3. The molecule has 2 saturated heterocycles. The van der Waals surface area contributed by atoms with Gasteiger partial charge in [-0.25, -0.2) is 4.98 Å². The molecule has 60 heavy (non-hydrogen) atoms. The van der Waals surface area contributed by atoms with Crippen molar-refractivity contribution in [1.29, 1.82) is 0 Å². The van der Waals surface area contributed by atoms with Gasteiger partial charge in [0.15, 0.2) is 18.4 Å². The largest absolute Gasteiger partial charge is 0.462 e. The highest BCUT2D eigenvalue weighted by atomic mass is 32.1. The van der Waals surface area contributed by atoms with Crippen LogP contribution in [0.5, 0.6) is 0 Å². The number of nitrogens with zero attached hydrogens (tertiary/aromatic N) is 2. The first-order chi connectivity index (χ1) is 28.8. The number of fused-ring (bicyclic) bond motifs is 8. The van der Waals surface area contributed by atoms with Crippen LogP contribution in [-0.2, 0) is 42.7 Å². The topological polar surface area (TPSA) is 135 Å². The number of esters is 1. The van der Waals surface area contributed by atoms with Crippen molar-refractivity contribution in [1.82, 2.24) is 9.88 Å². The third-order valence-electron chi connectivity index (χ3n) is 14.0. The molecule has 4 heterocycles. The van der Waals surface area contributed by atoms with Gasteiger partial charge >= 0.3 is 5.97 Å². The molecule has 1 saturated carbocycles. The van der Waals surface area contributed by atoms with E-state index in [-0.39, 0.29) is 85.1 Å². The number of ether oxygens (including phenoxy) is 7. The summed E-state index contributed by atoms with van der Waals surface area (Å²) >= 11 is 3.38. The first kappa shape index (κ1) is 45.9. The maximum atomic E-state index is 15.2. The average Bonchev–Trinajstić information content (AvgIpc) is 4.04. The average molecular weight is 873 g/mol. The summed E-state index contributed by atoms with van der Waals surface area (Å²) in [7, 11) is 7.40. The minimum absolute atomic E-state index is 0.00797. The van der Waals surface area contributed by atoms with Crippen LogP contribution in [0.15, 0.2) is 29.2 Å². The molecule has 2 aliphatic heterocycles. The highest BCUT2D eigenvalue weighted by Crippen LogP contribution is 2.63. The van der Waals surface area contributed by atoms with Crippen LogP contribution in [0.1, 0.15) is 115 Å². The van der Waals surface area contributed by atoms with Gasteiger partial charge in [0.2, 0.25) is 0 Å². The molecule has 334 valence electrons. The van der Waals surface area contributed by atoms with E-state index in [0.29, 0.717) is 25.3 Å². The predicted octanol–water partition coefficient (Wildman–Crippen LogP) is 7.73. The van der Waals surface area contributed by atoms with Crippen molar-refractivity contribution < 1.29 is 47.9 Å². The minimum atomic E-state index is -0.778. The number of methoxy groups -OCH3 is 2. The molecule has 0 spiro atoms. The van der Waals surface area contributed by atoms with E-state index in [1.165, 1.54) is 0 Å². The van der Waals surface area contributed by atoms with Gasteiger partial charge in [-0.3, -0.25) is 9.59 Å². The zero-order valence-electron chi connectivity index (χ0n) is 37.0. The van der Waals surface area contributed by atoms with Crippen LogP contribution < -0.4 is 0 Å². The molecule has 3 unspecified atom stereocenters. The highest BCUT2D eigenvalue weighted by molar-refractivity contribution is 7.21. The summed E-state index contributed by atoms with van der Waals surface area (Å²) in [6, 6.07) is 4.47. The fourth-order valence-electron chi connectivity index (χ4n) is 10.6. The number of carbonyl (C=O) groups excluding carboxylic acids is 2. The number of allylic oxidation sites excluding steroid dienone is 2. The predicted molar refractivity (Wildman–Crippen MR) is 231 cm³/mol. The van der Waals surface area contributed by atoms with Gasteiger partial charge in [0.05, 0.1) is 54.1 Å². The highest BCUT2D eigenvalue weighted by Gasteiger charge is 2.56. The normalized spacial score (nSPS) is 35.5. The Hall–Kier alpha value is -2.11. The van der Waals surface area contributed by atoms with Crippen LogP contribution in [0.2, 0.25) is 0 Å². The van der Waals surface area contributed by atoms with Crippen LogP contribution in [-0.4, -0.2) is 123 Å². The fourth-order valence-corrected chi connectivity index (χ4v) is 12.8. The Morgan fingerprint density at radius 3 is 2.53 bits per heavy atom. The monoisotopic (exact) mass is 872 g/mol. The van der Waals surface area contributed by atoms with Crippen molar-refractivity contribution >= 4 is 34.4 Å². The summed E-state index contributed by atoms with van der Waals surface area (Å²) in [6.45, 7) is 9.97. The molecule has 14 heteroatoms. The van der Waals surface area contributed by atoms with Gasteiger partial charge in [-0.1, -0.05) is 26.0 Å². The third kappa shape index (κ3) is 9.83. The SMILES string of the molecule is CC[C@H]1CCC[C@H](O[C@H]2CC[C@H](N(C)C)C(C)O2)[C@@H](C)C(=O)C2=C[C@H]3[C@@H]4C[C@H](OC(OC(C)[C@@H](C)O)[C@H](COC)OC)C[C@H]4c4nc(-c5cccs5)sc4[C@H]3[C@@H]2CC(=O)O1. The Bertz CT molecular complexity index is 1770. The molecule has 2 aromatic heterocycles. The Balaban J connectivity index is 1.23. The van der Waals surface area contributed by atoms with Crippen molar-refractivity contribution in [2.24, 2.45) is 23.7 Å². The molecule has 3 aliphatic carbocycles. The number of thiophene rings is 1. The molecular weight excluding hydrogens is 805 g/mol. The summed E-state index contributed by atoms with van der Waals surface area (Å²) in [5, 5.41) is 13.4. The Labute approximate surface area is 364 Å². The Kier molecular flexibility index (Phi) is 15.4. The summed E-state index contributed by atoms with van der Waals surface area (Å²) in [6.07, 6.45) is 4.77. The quantitative estimate of drug-likeness (QED) is 0.147. The van der Waals surface area contributed by atoms with E-state index in [4.69, 9.17) is 38.1 Å². The molecule has 0 bridgehead atoms. The van der Waals surface area contributed by atoms with Crippen LogP contribution in [0.3, 0.4) is 0 Å². The van der Waals surface area contributed by atoms with E-state index in [1.54, 1.807) is 43.8 Å². The number of rotatable bonds is 14. The van der Waals surface area contributed by atoms with Gasteiger partial charge in [-0.15, -0.1) is 22.7 Å². The lowest BCUT2D eigenvalue weighted by Crippen LogP contribution is -2.47. The number of carbonyl (C=O) groups is 2. The summed E-state index contributed by atoms with van der Waals surface area (Å²) in [4.78, 5) is 39.0. The number of likely N-dealkylation sites (N-methyl/N-ethyl adjacent to an activating group) is 1. The van der Waals surface area contributed by atoms with Crippen molar-refractivity contribution in [3.63, 3.8) is 0 Å². The molecular formula is C46H68N2O10S2. The number of thiazole rings is 1. The molecule has 5 aliphatic rings. The van der Waals surface area contributed by atoms with Crippen LogP contribution >= 0.6 is 22.7 Å². The molecule has 3 fully saturated rings. The smallest absolute Gasteiger partial charge is 0.306 e. The summed E-state index contributed by atoms with van der Waals surface area (Å²) in [5.74, 6) is -0.936. The van der Waals surface area contributed by atoms with Crippen molar-refractivity contribution in [2.75, 3.05) is 34.9 Å². The van der Waals surface area contributed by atoms with Crippen LogP contribution in [0, 0.1) is 23.7 Å². The van der Waals surface area contributed by atoms with E-state index in [2.05, 4.69) is 50.4 Å². The van der Waals surface area contributed by atoms with Crippen molar-refractivity contribution in [2.45, 2.75) is 166 Å². The Morgan fingerprint density at radius 2 is 1.87 bits per heavy atom. The molecule has 12 nitrogen and oxygen atoms in total. The van der Waals surface area contributed by atoms with Gasteiger partial charge in [0, 0.05) is 48.8 Å². The van der Waals surface area contributed by atoms with Gasteiger partial charge in [-0.2, -0.15) is 0 Å². The zero-order chi connectivity index (χ0) is 42.8. The molecule has 0 aromatic carbocycles. The number of Topliss-reactive ketones (excluding diaryl/α,β-unsaturated/α-hetero) is 1. The van der Waals surface area contributed by atoms with E-state index in [0.717, 1.165) is 58.1 Å². The maximum Gasteiger partial charge on any atom is 0.306 e. The number of hydrogen-bond donors (Lipinski definition) is 1. The zero-order valence-corrected chi connectivity index (χ0v) is 38.6. The molecule has 0 radical (unpaired) electrons. The van der Waals surface area contributed by atoms with Gasteiger partial charge < -0.3 is 43.2 Å². The number of ketones is 1. The van der Waals surface area contributed by atoms with E-state index < -0.39 is 30.5 Å². The number of aliphatic hydroxyl groups excluding tert-OH is 1. The minimum Gasteiger partial charge on any atom is -0.462 e. The van der Waals surface area contributed by atoms with E-state index >= 15 is 4.79 Å². The van der Waals surface area contributed by atoms with Gasteiger partial charge in [0.1, 0.15) is 17.2 Å². The summed E-state index contributed by atoms with van der Waals surface area (Å²) in [5.41, 5.74) is 1.77. The number of cyclic esters (lactones) is 1. The standard InChI is InChI=1S/C46H68N2O10S2/c1-10-28-13-11-14-36(58-40-17-16-35(48(6)7)27(5)54-40)24(2)43(51)34-21-31-30-19-29(57-46(37(53-9)23-52-8)55-26(4)25(3)49)20-33(30)42-44(41(31)32(34)22-39(50)56-28)60-45(47-42)38-15-12-18-59-38/h12,15,18,21,24-33,35-37,40-41,46,49H,10-11,13-14,16-17,19-20,22-23H2,1-9H3/t24-,25-,26?,27?,28+,29+,30+,31+,32-,33-,35+,36+,37+,40+,41-,46?/m1/s1. The lowest BCUT2D eigenvalue weighted by atomic mass is 9.67. The molecule has 7 rings (SSSR count). The van der Waals surface area contributed by atoms with E-state index in [1.807, 2.05) is 19.9 Å². The first-order valence-corrected chi connectivity index (χ1v) is 24.0.